The summed E-state index contributed by atoms with van der Waals surface area (Å²) < 4.78 is 5.54. The van der Waals surface area contributed by atoms with Gasteiger partial charge < -0.3 is 4.74 Å². The van der Waals surface area contributed by atoms with Gasteiger partial charge in [-0.05, 0) is 42.4 Å². The van der Waals surface area contributed by atoms with E-state index < -0.39 is 0 Å². The van der Waals surface area contributed by atoms with Crippen LogP contribution in [0.5, 0.6) is 5.75 Å². The molecule has 1 saturated carbocycles. The first kappa shape index (κ1) is 10.8. The summed E-state index contributed by atoms with van der Waals surface area (Å²) in [5, 5.41) is 0. The molecule has 15 heavy (non-hydrogen) atoms. The number of rotatable bonds is 5. The summed E-state index contributed by atoms with van der Waals surface area (Å²) in [6.07, 6.45) is 2.30. The second-order valence-corrected chi connectivity index (χ2v) is 4.48. The Balaban J connectivity index is 1.93. The van der Waals surface area contributed by atoms with Crippen molar-refractivity contribution in [2.24, 2.45) is 5.92 Å². The predicted molar refractivity (Wildman–Crippen MR) is 63.8 cm³/mol. The molecule has 2 atom stereocenters. The Morgan fingerprint density at radius 1 is 1.33 bits per heavy atom. The molecule has 0 saturated heterocycles. The quantitative estimate of drug-likeness (QED) is 0.691. The van der Waals surface area contributed by atoms with Gasteiger partial charge in [0.05, 0.1) is 6.61 Å². The highest BCUT2D eigenvalue weighted by Gasteiger charge is 2.37. The molecule has 82 valence electrons. The van der Waals surface area contributed by atoms with Crippen molar-refractivity contribution < 1.29 is 4.74 Å². The lowest BCUT2D eigenvalue weighted by molar-refractivity contribution is 0.317. The van der Waals surface area contributed by atoms with E-state index in [1.165, 1.54) is 12.0 Å². The van der Waals surface area contributed by atoms with Gasteiger partial charge in [0.1, 0.15) is 5.75 Å². The summed E-state index contributed by atoms with van der Waals surface area (Å²) in [5.41, 5.74) is 1.41. The standard InChI is InChI=1S/C13H17ClO/c1-2-7-15-12-5-3-10(4-6-12)13-8-11(13)9-14/h3-6,11,13H,2,7-9H2,1H3. The van der Waals surface area contributed by atoms with Crippen LogP contribution in [0.15, 0.2) is 24.3 Å². The minimum atomic E-state index is 0.697. The molecule has 2 unspecified atom stereocenters. The summed E-state index contributed by atoms with van der Waals surface area (Å²) >= 11 is 5.82. The highest BCUT2D eigenvalue weighted by atomic mass is 35.5. The largest absolute Gasteiger partial charge is 0.494 e. The maximum absolute atomic E-state index is 5.82. The van der Waals surface area contributed by atoms with Gasteiger partial charge in [0.25, 0.3) is 0 Å². The van der Waals surface area contributed by atoms with Gasteiger partial charge in [-0.2, -0.15) is 0 Å². The molecule has 1 aliphatic rings. The van der Waals surface area contributed by atoms with E-state index in [1.54, 1.807) is 0 Å². The fourth-order valence-corrected chi connectivity index (χ4v) is 2.20. The van der Waals surface area contributed by atoms with Gasteiger partial charge in [-0.1, -0.05) is 19.1 Å². The molecule has 1 fully saturated rings. The van der Waals surface area contributed by atoms with Crippen LogP contribution >= 0.6 is 11.6 Å². The number of hydrogen-bond acceptors (Lipinski definition) is 1. The molecular weight excluding hydrogens is 208 g/mol. The highest BCUT2D eigenvalue weighted by molar-refractivity contribution is 6.18. The van der Waals surface area contributed by atoms with Crippen molar-refractivity contribution in [1.82, 2.24) is 0 Å². The van der Waals surface area contributed by atoms with E-state index in [2.05, 4.69) is 31.2 Å². The number of alkyl halides is 1. The number of hydrogen-bond donors (Lipinski definition) is 0. The molecule has 0 spiro atoms. The highest BCUT2D eigenvalue weighted by Crippen LogP contribution is 2.48. The number of halogens is 1. The smallest absolute Gasteiger partial charge is 0.119 e. The summed E-state index contributed by atoms with van der Waals surface area (Å²) in [6.45, 7) is 2.91. The van der Waals surface area contributed by atoms with Crippen molar-refractivity contribution in [2.75, 3.05) is 12.5 Å². The van der Waals surface area contributed by atoms with E-state index >= 15 is 0 Å². The zero-order valence-electron chi connectivity index (χ0n) is 9.08. The first-order valence-electron chi connectivity index (χ1n) is 5.64. The molecule has 0 radical (unpaired) electrons. The number of benzene rings is 1. The zero-order valence-corrected chi connectivity index (χ0v) is 9.83. The minimum absolute atomic E-state index is 0.697. The van der Waals surface area contributed by atoms with Gasteiger partial charge in [0, 0.05) is 5.88 Å². The molecule has 1 aromatic rings. The fourth-order valence-electron chi connectivity index (χ4n) is 1.86. The van der Waals surface area contributed by atoms with E-state index in [0.717, 1.165) is 24.7 Å². The SMILES string of the molecule is CCCOc1ccc(C2CC2CCl)cc1. The zero-order chi connectivity index (χ0) is 10.7. The van der Waals surface area contributed by atoms with Crippen molar-refractivity contribution >= 4 is 11.6 Å². The van der Waals surface area contributed by atoms with Crippen LogP contribution in [-0.2, 0) is 0 Å². The van der Waals surface area contributed by atoms with Crippen LogP contribution in [0.3, 0.4) is 0 Å². The van der Waals surface area contributed by atoms with Crippen LogP contribution in [0.25, 0.3) is 0 Å². The van der Waals surface area contributed by atoms with E-state index in [4.69, 9.17) is 16.3 Å². The first-order valence-corrected chi connectivity index (χ1v) is 6.17. The topological polar surface area (TPSA) is 9.23 Å². The third kappa shape index (κ3) is 2.66. The van der Waals surface area contributed by atoms with Crippen LogP contribution in [0.4, 0.5) is 0 Å². The Morgan fingerprint density at radius 3 is 2.60 bits per heavy atom. The number of ether oxygens (including phenoxy) is 1. The molecule has 2 rings (SSSR count). The average molecular weight is 225 g/mol. The van der Waals surface area contributed by atoms with E-state index in [9.17, 15) is 0 Å². The van der Waals surface area contributed by atoms with Crippen molar-refractivity contribution in [3.8, 4) is 5.75 Å². The van der Waals surface area contributed by atoms with Gasteiger partial charge >= 0.3 is 0 Å². The summed E-state index contributed by atoms with van der Waals surface area (Å²) in [4.78, 5) is 0. The molecule has 1 nitrogen and oxygen atoms in total. The second kappa shape index (κ2) is 4.89. The van der Waals surface area contributed by atoms with Gasteiger partial charge in [-0.3, -0.25) is 0 Å². The Kier molecular flexibility index (Phi) is 3.53. The lowest BCUT2D eigenvalue weighted by atomic mass is 10.1. The van der Waals surface area contributed by atoms with Crippen molar-refractivity contribution in [3.05, 3.63) is 29.8 Å². The first-order chi connectivity index (χ1) is 7.35. The Bertz CT molecular complexity index is 307. The van der Waals surface area contributed by atoms with E-state index in [1.807, 2.05) is 0 Å². The van der Waals surface area contributed by atoms with Crippen LogP contribution in [0.1, 0.15) is 31.2 Å². The Hall–Kier alpha value is -0.690. The third-order valence-corrected chi connectivity index (χ3v) is 3.30. The molecular formula is C13H17ClO. The summed E-state index contributed by atoms with van der Waals surface area (Å²) in [6, 6.07) is 8.47. The van der Waals surface area contributed by atoms with Crippen molar-refractivity contribution in [2.45, 2.75) is 25.7 Å². The van der Waals surface area contributed by atoms with Crippen LogP contribution in [0, 0.1) is 5.92 Å². The maximum Gasteiger partial charge on any atom is 0.119 e. The molecule has 1 aromatic carbocycles. The maximum atomic E-state index is 5.82. The molecule has 0 N–H and O–H groups in total. The van der Waals surface area contributed by atoms with E-state index in [0.29, 0.717) is 11.8 Å². The van der Waals surface area contributed by atoms with Crippen LogP contribution < -0.4 is 4.74 Å². The van der Waals surface area contributed by atoms with Crippen LogP contribution in [0.2, 0.25) is 0 Å². The molecule has 0 aromatic heterocycles. The molecule has 1 aliphatic carbocycles. The van der Waals surface area contributed by atoms with Gasteiger partial charge in [-0.15, -0.1) is 11.6 Å². The lowest BCUT2D eigenvalue weighted by Gasteiger charge is -2.05. The normalized spacial score (nSPS) is 23.9. The average Bonchev–Trinajstić information content (AvgIpc) is 3.06. The predicted octanol–water partition coefficient (Wildman–Crippen LogP) is 3.82. The monoisotopic (exact) mass is 224 g/mol. The van der Waals surface area contributed by atoms with Crippen LogP contribution in [-0.4, -0.2) is 12.5 Å². The Labute approximate surface area is 96.4 Å². The molecule has 0 amide bonds. The minimum Gasteiger partial charge on any atom is -0.494 e. The molecule has 2 heteroatoms. The second-order valence-electron chi connectivity index (χ2n) is 4.17. The van der Waals surface area contributed by atoms with Crippen molar-refractivity contribution in [1.29, 1.82) is 0 Å². The van der Waals surface area contributed by atoms with Gasteiger partial charge in [-0.25, -0.2) is 0 Å². The lowest BCUT2D eigenvalue weighted by Crippen LogP contribution is -1.94. The van der Waals surface area contributed by atoms with Gasteiger partial charge in [0.15, 0.2) is 0 Å². The summed E-state index contributed by atoms with van der Waals surface area (Å²) in [7, 11) is 0. The Morgan fingerprint density at radius 2 is 2.07 bits per heavy atom. The molecule has 0 aliphatic heterocycles. The van der Waals surface area contributed by atoms with Crippen molar-refractivity contribution in [3.63, 3.8) is 0 Å². The molecule has 0 heterocycles. The summed E-state index contributed by atoms with van der Waals surface area (Å²) in [5.74, 6) is 3.17. The fraction of sp³-hybridized carbons (Fsp3) is 0.538. The molecule has 0 bridgehead atoms. The third-order valence-electron chi connectivity index (χ3n) is 2.90. The van der Waals surface area contributed by atoms with E-state index in [-0.39, 0.29) is 0 Å². The van der Waals surface area contributed by atoms with Gasteiger partial charge in [0.2, 0.25) is 0 Å².